The Labute approximate surface area is 207 Å². The maximum atomic E-state index is 12.5. The Bertz CT molecular complexity index is 1450. The third-order valence-electron chi connectivity index (χ3n) is 4.89. The van der Waals surface area contributed by atoms with Gasteiger partial charge in [-0.15, -0.1) is 10.2 Å². The van der Waals surface area contributed by atoms with Crippen LogP contribution in [0.1, 0.15) is 27.4 Å². The van der Waals surface area contributed by atoms with Crippen molar-refractivity contribution < 1.29 is 22.4 Å². The summed E-state index contributed by atoms with van der Waals surface area (Å²) in [6.45, 7) is 4.11. The molecule has 2 heterocycles. The zero-order chi connectivity index (χ0) is 25.0. The number of amides is 1. The van der Waals surface area contributed by atoms with Gasteiger partial charge in [0.05, 0.1) is 4.90 Å². The molecule has 35 heavy (non-hydrogen) atoms. The van der Waals surface area contributed by atoms with Gasteiger partial charge in [-0.1, -0.05) is 23.7 Å². The van der Waals surface area contributed by atoms with Crippen LogP contribution in [0.2, 0.25) is 5.15 Å². The Morgan fingerprint density at radius 2 is 1.77 bits per heavy atom. The van der Waals surface area contributed by atoms with Crippen molar-refractivity contribution in [1.82, 2.24) is 10.2 Å². The molecule has 0 spiro atoms. The fourth-order valence-corrected chi connectivity index (χ4v) is 4.16. The van der Waals surface area contributed by atoms with E-state index in [2.05, 4.69) is 20.2 Å². The first-order chi connectivity index (χ1) is 16.7. The monoisotopic (exact) mass is 512 g/mol. The molecule has 11 heteroatoms. The molecule has 0 radical (unpaired) electrons. The van der Waals surface area contributed by atoms with Crippen molar-refractivity contribution in [2.45, 2.75) is 25.3 Å². The van der Waals surface area contributed by atoms with E-state index >= 15 is 0 Å². The van der Waals surface area contributed by atoms with Gasteiger partial charge in [-0.05, 0) is 79.6 Å². The average Bonchev–Trinajstić information content (AvgIpc) is 3.31. The fourth-order valence-electron chi connectivity index (χ4n) is 3.07. The molecule has 0 aliphatic heterocycles. The molecule has 180 valence electrons. The molecule has 4 aromatic rings. The number of carbonyl (C=O) groups is 1. The SMILES string of the molecule is Cc1ccc(C)c(OCc2ccc(C(=O)Nc3ccc(S(=O)(=O)Nc4ccc(Cl)nn4)cc3)o2)c1. The lowest BCUT2D eigenvalue weighted by Gasteiger charge is -2.09. The molecule has 0 fully saturated rings. The first kappa shape index (κ1) is 24.2. The minimum absolute atomic E-state index is 0.0175. The van der Waals surface area contributed by atoms with Gasteiger partial charge in [-0.25, -0.2) is 8.42 Å². The predicted octanol–water partition coefficient (Wildman–Crippen LogP) is 4.97. The number of carbonyl (C=O) groups excluding carboxylic acids is 1. The number of sulfonamides is 1. The minimum Gasteiger partial charge on any atom is -0.485 e. The summed E-state index contributed by atoms with van der Waals surface area (Å²) >= 11 is 5.66. The van der Waals surface area contributed by atoms with Crippen LogP contribution in [0.15, 0.2) is 76.0 Å². The number of halogens is 1. The number of aromatic nitrogens is 2. The Kier molecular flexibility index (Phi) is 7.04. The molecule has 0 saturated carbocycles. The van der Waals surface area contributed by atoms with Gasteiger partial charge in [-0.2, -0.15) is 0 Å². The molecule has 2 aromatic heterocycles. The lowest BCUT2D eigenvalue weighted by atomic mass is 10.1. The topological polar surface area (TPSA) is 123 Å². The summed E-state index contributed by atoms with van der Waals surface area (Å²) in [4.78, 5) is 12.5. The summed E-state index contributed by atoms with van der Waals surface area (Å²) in [6, 6.07) is 17.6. The number of ether oxygens (including phenoxy) is 1. The van der Waals surface area contributed by atoms with Crippen molar-refractivity contribution in [3.63, 3.8) is 0 Å². The van der Waals surface area contributed by atoms with Crippen LogP contribution in [-0.2, 0) is 16.6 Å². The summed E-state index contributed by atoms with van der Waals surface area (Å²) in [5.41, 5.74) is 2.48. The molecule has 0 aliphatic rings. The van der Waals surface area contributed by atoms with E-state index in [0.717, 1.165) is 16.9 Å². The van der Waals surface area contributed by atoms with Gasteiger partial charge in [0.25, 0.3) is 15.9 Å². The van der Waals surface area contributed by atoms with Crippen LogP contribution >= 0.6 is 11.6 Å². The smallest absolute Gasteiger partial charge is 0.291 e. The van der Waals surface area contributed by atoms with Crippen molar-refractivity contribution in [2.75, 3.05) is 10.0 Å². The van der Waals surface area contributed by atoms with E-state index in [1.807, 2.05) is 32.0 Å². The highest BCUT2D eigenvalue weighted by Crippen LogP contribution is 2.22. The highest BCUT2D eigenvalue weighted by molar-refractivity contribution is 7.92. The minimum atomic E-state index is -3.90. The van der Waals surface area contributed by atoms with Crippen molar-refractivity contribution in [3.8, 4) is 5.75 Å². The zero-order valence-electron chi connectivity index (χ0n) is 18.8. The lowest BCUT2D eigenvalue weighted by molar-refractivity contribution is 0.0992. The number of hydrogen-bond acceptors (Lipinski definition) is 7. The first-order valence-corrected chi connectivity index (χ1v) is 12.3. The zero-order valence-corrected chi connectivity index (χ0v) is 20.4. The molecule has 0 atom stereocenters. The van der Waals surface area contributed by atoms with E-state index in [0.29, 0.717) is 11.4 Å². The fraction of sp³-hybridized carbons (Fsp3) is 0.125. The Morgan fingerprint density at radius 1 is 1.00 bits per heavy atom. The Morgan fingerprint density at radius 3 is 2.49 bits per heavy atom. The number of nitrogens with one attached hydrogen (secondary N) is 2. The molecule has 2 aromatic carbocycles. The largest absolute Gasteiger partial charge is 0.485 e. The number of hydrogen-bond donors (Lipinski definition) is 2. The second-order valence-electron chi connectivity index (χ2n) is 7.65. The summed E-state index contributed by atoms with van der Waals surface area (Å²) in [7, 11) is -3.90. The van der Waals surface area contributed by atoms with Crippen molar-refractivity contribution in [2.24, 2.45) is 0 Å². The van der Waals surface area contributed by atoms with Crippen LogP contribution in [0.4, 0.5) is 11.5 Å². The number of furan rings is 1. The van der Waals surface area contributed by atoms with Gasteiger partial charge >= 0.3 is 0 Å². The Hall–Kier alpha value is -3.89. The van der Waals surface area contributed by atoms with Crippen LogP contribution in [0.5, 0.6) is 5.75 Å². The summed E-state index contributed by atoms with van der Waals surface area (Å²) in [6.07, 6.45) is 0. The van der Waals surface area contributed by atoms with Crippen LogP contribution in [0.3, 0.4) is 0 Å². The van der Waals surface area contributed by atoms with E-state index in [9.17, 15) is 13.2 Å². The van der Waals surface area contributed by atoms with Gasteiger partial charge < -0.3 is 14.5 Å². The molecule has 9 nitrogen and oxygen atoms in total. The highest BCUT2D eigenvalue weighted by Gasteiger charge is 2.17. The van der Waals surface area contributed by atoms with Crippen LogP contribution in [0.25, 0.3) is 0 Å². The summed E-state index contributed by atoms with van der Waals surface area (Å²) in [5.74, 6) is 0.897. The van der Waals surface area contributed by atoms with Gasteiger partial charge in [0, 0.05) is 5.69 Å². The van der Waals surface area contributed by atoms with Gasteiger partial charge in [0.1, 0.15) is 18.1 Å². The molecular formula is C24H21ClN4O5S. The van der Waals surface area contributed by atoms with Crippen molar-refractivity contribution in [1.29, 1.82) is 0 Å². The molecule has 0 aliphatic carbocycles. The third kappa shape index (κ3) is 6.17. The first-order valence-electron chi connectivity index (χ1n) is 10.4. The molecule has 0 unspecified atom stereocenters. The number of nitrogens with zero attached hydrogens (tertiary/aromatic N) is 2. The molecule has 2 N–H and O–H groups in total. The van der Waals surface area contributed by atoms with E-state index in [-0.39, 0.29) is 28.2 Å². The second-order valence-corrected chi connectivity index (χ2v) is 9.72. The maximum absolute atomic E-state index is 12.5. The molecule has 0 bridgehead atoms. The van der Waals surface area contributed by atoms with Gasteiger partial charge in [0.2, 0.25) is 0 Å². The molecule has 0 saturated heterocycles. The molecular weight excluding hydrogens is 492 g/mol. The van der Waals surface area contributed by atoms with Crippen LogP contribution < -0.4 is 14.8 Å². The highest BCUT2D eigenvalue weighted by atomic mass is 35.5. The summed E-state index contributed by atoms with van der Waals surface area (Å²) in [5, 5.41) is 10.1. The normalized spacial score (nSPS) is 11.2. The number of aryl methyl sites for hydroxylation is 2. The molecule has 1 amide bonds. The van der Waals surface area contributed by atoms with E-state index in [1.165, 1.54) is 36.4 Å². The van der Waals surface area contributed by atoms with Crippen molar-refractivity contribution >= 4 is 39.0 Å². The predicted molar refractivity (Wildman–Crippen MR) is 131 cm³/mol. The van der Waals surface area contributed by atoms with E-state index < -0.39 is 15.9 Å². The number of rotatable bonds is 8. The van der Waals surface area contributed by atoms with E-state index in [4.69, 9.17) is 20.8 Å². The third-order valence-corrected chi connectivity index (χ3v) is 6.46. The van der Waals surface area contributed by atoms with Crippen LogP contribution in [0, 0.1) is 13.8 Å². The molecule has 4 rings (SSSR count). The second kappa shape index (κ2) is 10.2. The number of anilines is 2. The van der Waals surface area contributed by atoms with E-state index in [1.54, 1.807) is 12.1 Å². The summed E-state index contributed by atoms with van der Waals surface area (Å²) < 4.78 is 38.8. The van der Waals surface area contributed by atoms with Gasteiger partial charge in [-0.3, -0.25) is 9.52 Å². The number of benzene rings is 2. The quantitative estimate of drug-likeness (QED) is 0.341. The van der Waals surface area contributed by atoms with Crippen molar-refractivity contribution in [3.05, 3.63) is 94.5 Å². The van der Waals surface area contributed by atoms with Crippen LogP contribution in [-0.4, -0.2) is 24.5 Å². The maximum Gasteiger partial charge on any atom is 0.291 e. The van der Waals surface area contributed by atoms with Gasteiger partial charge in [0.15, 0.2) is 16.7 Å². The average molecular weight is 513 g/mol. The lowest BCUT2D eigenvalue weighted by Crippen LogP contribution is -2.15. The Balaban J connectivity index is 1.36. The standard InChI is InChI=1S/C24H21ClN4O5S/c1-15-3-4-16(2)21(13-15)33-14-18-7-10-20(34-18)24(30)26-17-5-8-19(9-6-17)35(31,32)29-23-12-11-22(25)27-28-23/h3-13H,14H2,1-2H3,(H,26,30)(H,28,29).